The Morgan fingerprint density at radius 2 is 1.20 bits per heavy atom. The third kappa shape index (κ3) is 2.66. The molecule has 0 atom stereocenters. The number of pyridine rings is 2. The smallest absolute Gasteiger partial charge is 0.182 e. The van der Waals surface area contributed by atoms with Crippen LogP contribution in [0.1, 0.15) is 0 Å². The van der Waals surface area contributed by atoms with Crippen molar-refractivity contribution in [2.75, 3.05) is 0 Å². The molecule has 0 aliphatic rings. The first-order chi connectivity index (χ1) is 6.75. The lowest BCUT2D eigenvalue weighted by Crippen LogP contribution is -2.02. The summed E-state index contributed by atoms with van der Waals surface area (Å²) < 4.78 is 0. The minimum Gasteiger partial charge on any atom is -0.360 e. The van der Waals surface area contributed by atoms with Gasteiger partial charge in [0.05, 0.1) is 11.4 Å². The van der Waals surface area contributed by atoms with Crippen LogP contribution >= 0.6 is 17.0 Å². The van der Waals surface area contributed by atoms with Gasteiger partial charge in [-0.1, -0.05) is 0 Å². The van der Waals surface area contributed by atoms with Gasteiger partial charge in [0.25, 0.3) is 0 Å². The molecular weight excluding hydrogens is 260 g/mol. The van der Waals surface area contributed by atoms with Crippen LogP contribution in [0.4, 0.5) is 0 Å². The molecule has 2 heterocycles. The van der Waals surface area contributed by atoms with Crippen molar-refractivity contribution in [3.05, 3.63) is 57.1 Å². The standard InChI is InChI=1S/C10H8N2O2.BrH/c13-7-1-3-11-9(5-7)10-6-8(14)2-4-12-10;/h1-6H,(H,11,13)(H,12,14);1H. The molecule has 0 amide bonds. The molecule has 2 rings (SSSR count). The second-order valence-electron chi connectivity index (χ2n) is 2.88. The summed E-state index contributed by atoms with van der Waals surface area (Å²) in [7, 11) is 0. The highest BCUT2D eigenvalue weighted by Crippen LogP contribution is 2.07. The molecule has 0 fully saturated rings. The maximum absolute atomic E-state index is 11.0. The Bertz CT molecular complexity index is 508. The van der Waals surface area contributed by atoms with E-state index in [-0.39, 0.29) is 27.8 Å². The van der Waals surface area contributed by atoms with E-state index >= 15 is 0 Å². The molecule has 2 aromatic heterocycles. The third-order valence-corrected chi connectivity index (χ3v) is 1.84. The highest BCUT2D eigenvalue weighted by Gasteiger charge is 1.98. The van der Waals surface area contributed by atoms with Crippen molar-refractivity contribution in [2.45, 2.75) is 0 Å². The Morgan fingerprint density at radius 1 is 0.800 bits per heavy atom. The first kappa shape index (κ1) is 11.5. The summed E-state index contributed by atoms with van der Waals surface area (Å²) in [6.07, 6.45) is 3.09. The molecule has 0 spiro atoms. The molecule has 0 aliphatic heterocycles. The Hall–Kier alpha value is -1.62. The number of nitrogens with one attached hydrogen (secondary N) is 2. The molecule has 0 unspecified atom stereocenters. The van der Waals surface area contributed by atoms with Crippen LogP contribution < -0.4 is 10.9 Å². The number of hydrogen-bond donors (Lipinski definition) is 2. The number of aromatic amines is 2. The van der Waals surface area contributed by atoms with Gasteiger partial charge in [-0.3, -0.25) is 9.59 Å². The topological polar surface area (TPSA) is 65.7 Å². The summed E-state index contributed by atoms with van der Waals surface area (Å²) in [6.45, 7) is 0. The van der Waals surface area contributed by atoms with Gasteiger partial charge in [-0.15, -0.1) is 17.0 Å². The molecule has 15 heavy (non-hydrogen) atoms. The number of hydrogen-bond acceptors (Lipinski definition) is 2. The van der Waals surface area contributed by atoms with E-state index in [0.29, 0.717) is 11.4 Å². The van der Waals surface area contributed by atoms with Crippen molar-refractivity contribution in [3.8, 4) is 11.4 Å². The second-order valence-corrected chi connectivity index (χ2v) is 2.88. The van der Waals surface area contributed by atoms with Gasteiger partial charge in [0.1, 0.15) is 0 Å². The predicted molar refractivity (Wildman–Crippen MR) is 63.4 cm³/mol. The minimum atomic E-state index is -0.0940. The Morgan fingerprint density at radius 3 is 1.53 bits per heavy atom. The largest absolute Gasteiger partial charge is 0.360 e. The highest BCUT2D eigenvalue weighted by molar-refractivity contribution is 8.93. The Kier molecular flexibility index (Phi) is 3.62. The zero-order chi connectivity index (χ0) is 9.97. The van der Waals surface area contributed by atoms with Gasteiger partial charge in [-0.05, 0) is 0 Å². The van der Waals surface area contributed by atoms with Crippen molar-refractivity contribution in [2.24, 2.45) is 0 Å². The number of aromatic nitrogens is 2. The minimum absolute atomic E-state index is 0. The van der Waals surface area contributed by atoms with Gasteiger partial charge in [0, 0.05) is 36.7 Å². The zero-order valence-electron chi connectivity index (χ0n) is 7.69. The fourth-order valence-corrected chi connectivity index (χ4v) is 1.20. The van der Waals surface area contributed by atoms with E-state index < -0.39 is 0 Å². The van der Waals surface area contributed by atoms with Crippen LogP contribution in [0, 0.1) is 0 Å². The molecule has 5 heteroatoms. The van der Waals surface area contributed by atoms with E-state index in [1.54, 1.807) is 12.4 Å². The SMILES string of the molecule is Br.O=c1cc[nH]c(-c2cc(=O)cc[nH]2)c1. The summed E-state index contributed by atoms with van der Waals surface area (Å²) in [6, 6.07) is 5.71. The van der Waals surface area contributed by atoms with E-state index in [4.69, 9.17) is 0 Å². The van der Waals surface area contributed by atoms with Crippen molar-refractivity contribution in [1.82, 2.24) is 9.97 Å². The second kappa shape index (κ2) is 4.75. The van der Waals surface area contributed by atoms with E-state index in [2.05, 4.69) is 9.97 Å². The zero-order valence-corrected chi connectivity index (χ0v) is 9.40. The summed E-state index contributed by atoms with van der Waals surface area (Å²) in [5, 5.41) is 0. The first-order valence-electron chi connectivity index (χ1n) is 4.13. The van der Waals surface area contributed by atoms with E-state index in [1.165, 1.54) is 24.3 Å². The van der Waals surface area contributed by atoms with E-state index in [1.807, 2.05) is 0 Å². The maximum atomic E-state index is 11.0. The predicted octanol–water partition coefficient (Wildman–Crippen LogP) is 1.31. The van der Waals surface area contributed by atoms with Crippen molar-refractivity contribution in [1.29, 1.82) is 0 Å². The Balaban J connectivity index is 0.00000112. The molecular formula is C10H9BrN2O2. The quantitative estimate of drug-likeness (QED) is 0.819. The number of halogens is 1. The molecule has 0 aliphatic carbocycles. The van der Waals surface area contributed by atoms with Gasteiger partial charge >= 0.3 is 0 Å². The summed E-state index contributed by atoms with van der Waals surface area (Å²) in [5.41, 5.74) is 1.03. The molecule has 4 nitrogen and oxygen atoms in total. The van der Waals surface area contributed by atoms with Crippen LogP contribution in [-0.4, -0.2) is 9.97 Å². The molecule has 78 valence electrons. The fraction of sp³-hybridized carbons (Fsp3) is 0. The van der Waals surface area contributed by atoms with Crippen LogP contribution in [0.3, 0.4) is 0 Å². The van der Waals surface area contributed by atoms with Crippen LogP contribution in [-0.2, 0) is 0 Å². The molecule has 0 saturated carbocycles. The molecule has 2 aromatic rings. The maximum Gasteiger partial charge on any atom is 0.182 e. The Labute approximate surface area is 95.8 Å². The summed E-state index contributed by atoms with van der Waals surface area (Å²) in [5.74, 6) is 0. The lowest BCUT2D eigenvalue weighted by molar-refractivity contribution is 1.23. The molecule has 2 N–H and O–H groups in total. The van der Waals surface area contributed by atoms with Crippen molar-refractivity contribution >= 4 is 17.0 Å². The average molecular weight is 269 g/mol. The molecule has 0 aromatic carbocycles. The van der Waals surface area contributed by atoms with Crippen LogP contribution in [0.5, 0.6) is 0 Å². The van der Waals surface area contributed by atoms with Crippen LogP contribution in [0.15, 0.2) is 46.2 Å². The van der Waals surface area contributed by atoms with Gasteiger partial charge < -0.3 is 9.97 Å². The first-order valence-corrected chi connectivity index (χ1v) is 4.13. The molecule has 0 bridgehead atoms. The normalized spacial score (nSPS) is 9.33. The van der Waals surface area contributed by atoms with Gasteiger partial charge in [-0.25, -0.2) is 0 Å². The number of H-pyrrole nitrogens is 2. The fourth-order valence-electron chi connectivity index (χ4n) is 1.20. The third-order valence-electron chi connectivity index (χ3n) is 1.84. The van der Waals surface area contributed by atoms with E-state index in [9.17, 15) is 9.59 Å². The lowest BCUT2D eigenvalue weighted by Gasteiger charge is -1.99. The van der Waals surface area contributed by atoms with Crippen molar-refractivity contribution < 1.29 is 0 Å². The van der Waals surface area contributed by atoms with Gasteiger partial charge in [0.2, 0.25) is 0 Å². The number of rotatable bonds is 1. The lowest BCUT2D eigenvalue weighted by atomic mass is 10.2. The molecule has 0 radical (unpaired) electrons. The average Bonchev–Trinajstić information content (AvgIpc) is 2.18. The van der Waals surface area contributed by atoms with Gasteiger partial charge in [0.15, 0.2) is 10.9 Å². The van der Waals surface area contributed by atoms with Crippen LogP contribution in [0.25, 0.3) is 11.4 Å². The summed E-state index contributed by atoms with van der Waals surface area (Å²) >= 11 is 0. The highest BCUT2D eigenvalue weighted by atomic mass is 79.9. The summed E-state index contributed by atoms with van der Waals surface area (Å²) in [4.78, 5) is 27.8. The van der Waals surface area contributed by atoms with E-state index in [0.717, 1.165) is 0 Å². The van der Waals surface area contributed by atoms with Crippen molar-refractivity contribution in [3.63, 3.8) is 0 Å². The van der Waals surface area contributed by atoms with Crippen LogP contribution in [0.2, 0.25) is 0 Å². The monoisotopic (exact) mass is 268 g/mol. The van der Waals surface area contributed by atoms with Gasteiger partial charge in [-0.2, -0.15) is 0 Å². The molecule has 0 saturated heterocycles.